The molecule has 7 nitrogen and oxygen atoms in total. The summed E-state index contributed by atoms with van der Waals surface area (Å²) >= 11 is 1.50. The van der Waals surface area contributed by atoms with E-state index in [0.29, 0.717) is 38.1 Å². The third kappa shape index (κ3) is 3.69. The standard InChI is InChI=1S/C19H24N4O3S/c1-26-6-5-22(12-17-21-4-7-27-17)18(24)15-2-3-16-14-8-13(9-20-10-14)11-23(16)19(15)25/h2-4,7,13-14,20H,5-6,8-12H2,1H3/t13-,14+/m0/s1. The quantitative estimate of drug-likeness (QED) is 0.807. The fourth-order valence-corrected chi connectivity index (χ4v) is 4.70. The van der Waals surface area contributed by atoms with Gasteiger partial charge in [-0.1, -0.05) is 0 Å². The molecule has 0 aromatic carbocycles. The number of pyridine rings is 1. The predicted octanol–water partition coefficient (Wildman–Crippen LogP) is 1.30. The maximum Gasteiger partial charge on any atom is 0.263 e. The molecule has 1 amide bonds. The zero-order valence-corrected chi connectivity index (χ0v) is 16.2. The number of methoxy groups -OCH3 is 1. The van der Waals surface area contributed by atoms with Crippen LogP contribution in [0, 0.1) is 5.92 Å². The van der Waals surface area contributed by atoms with Gasteiger partial charge >= 0.3 is 0 Å². The zero-order chi connectivity index (χ0) is 18.8. The Balaban J connectivity index is 1.63. The Morgan fingerprint density at radius 1 is 1.44 bits per heavy atom. The number of nitrogens with one attached hydrogen (secondary N) is 1. The van der Waals surface area contributed by atoms with Gasteiger partial charge in [-0.05, 0) is 31.0 Å². The second kappa shape index (κ2) is 7.92. The topological polar surface area (TPSA) is 76.5 Å². The summed E-state index contributed by atoms with van der Waals surface area (Å²) in [4.78, 5) is 32.2. The molecule has 0 aliphatic carbocycles. The van der Waals surface area contributed by atoms with Crippen molar-refractivity contribution < 1.29 is 9.53 Å². The third-order valence-corrected chi connectivity index (χ3v) is 6.17. The fraction of sp³-hybridized carbons (Fsp3) is 0.526. The van der Waals surface area contributed by atoms with Crippen LogP contribution in [0.4, 0.5) is 0 Å². The number of rotatable bonds is 6. The van der Waals surface area contributed by atoms with Gasteiger partial charge in [0.2, 0.25) is 0 Å². The number of carbonyl (C=O) groups is 1. The molecule has 4 rings (SSSR count). The fourth-order valence-electron chi connectivity index (χ4n) is 4.07. The van der Waals surface area contributed by atoms with E-state index in [2.05, 4.69) is 10.3 Å². The molecule has 2 aromatic rings. The van der Waals surface area contributed by atoms with Crippen molar-refractivity contribution in [3.05, 3.63) is 50.3 Å². The monoisotopic (exact) mass is 388 g/mol. The SMILES string of the molecule is COCCN(Cc1nccs1)C(=O)c1ccc2n(c1=O)C[C@@H]1CNC[C@H]2C1. The Hall–Kier alpha value is -2.03. The van der Waals surface area contributed by atoms with Crippen molar-refractivity contribution in [2.24, 2.45) is 5.92 Å². The minimum atomic E-state index is -0.253. The van der Waals surface area contributed by atoms with Gasteiger partial charge in [-0.2, -0.15) is 0 Å². The van der Waals surface area contributed by atoms with Crippen molar-refractivity contribution in [1.29, 1.82) is 0 Å². The smallest absolute Gasteiger partial charge is 0.263 e. The van der Waals surface area contributed by atoms with Gasteiger partial charge < -0.3 is 19.5 Å². The average molecular weight is 388 g/mol. The number of aromatic nitrogens is 2. The van der Waals surface area contributed by atoms with E-state index >= 15 is 0 Å². The van der Waals surface area contributed by atoms with Crippen molar-refractivity contribution in [2.45, 2.75) is 25.4 Å². The molecule has 2 aliphatic rings. The molecule has 1 N–H and O–H groups in total. The van der Waals surface area contributed by atoms with E-state index in [-0.39, 0.29) is 17.0 Å². The van der Waals surface area contributed by atoms with Crippen LogP contribution in [0.25, 0.3) is 0 Å². The number of thiazole rings is 1. The third-order valence-electron chi connectivity index (χ3n) is 5.40. The molecule has 2 aliphatic heterocycles. The summed E-state index contributed by atoms with van der Waals surface area (Å²) in [5, 5.41) is 6.17. The molecular formula is C19H24N4O3S. The van der Waals surface area contributed by atoms with Gasteiger partial charge in [0.25, 0.3) is 11.5 Å². The molecule has 2 bridgehead atoms. The average Bonchev–Trinajstić information content (AvgIpc) is 3.19. The lowest BCUT2D eigenvalue weighted by atomic mass is 9.84. The molecule has 2 atom stereocenters. The molecule has 0 spiro atoms. The van der Waals surface area contributed by atoms with Crippen LogP contribution in [0.3, 0.4) is 0 Å². The van der Waals surface area contributed by atoms with Crippen LogP contribution in [-0.4, -0.2) is 53.7 Å². The van der Waals surface area contributed by atoms with Crippen LogP contribution in [0.2, 0.25) is 0 Å². The van der Waals surface area contributed by atoms with Crippen molar-refractivity contribution in [1.82, 2.24) is 19.8 Å². The van der Waals surface area contributed by atoms with E-state index in [1.807, 2.05) is 16.0 Å². The highest BCUT2D eigenvalue weighted by Gasteiger charge is 2.32. The molecule has 1 fully saturated rings. The number of piperidine rings is 1. The molecule has 0 radical (unpaired) electrons. The molecule has 8 heteroatoms. The second-order valence-corrected chi connectivity index (χ2v) is 8.17. The Bertz CT molecular complexity index is 864. The van der Waals surface area contributed by atoms with E-state index in [0.717, 1.165) is 30.2 Å². The zero-order valence-electron chi connectivity index (χ0n) is 15.4. The van der Waals surface area contributed by atoms with E-state index in [9.17, 15) is 9.59 Å². The molecular weight excluding hydrogens is 364 g/mol. The molecule has 0 saturated carbocycles. The minimum absolute atomic E-state index is 0.171. The Morgan fingerprint density at radius 3 is 3.11 bits per heavy atom. The Morgan fingerprint density at radius 2 is 2.33 bits per heavy atom. The number of fused-ring (bicyclic) bond motifs is 4. The number of amides is 1. The normalized spacial score (nSPS) is 20.9. The van der Waals surface area contributed by atoms with Crippen molar-refractivity contribution in [3.63, 3.8) is 0 Å². The van der Waals surface area contributed by atoms with Crippen LogP contribution in [0.15, 0.2) is 28.5 Å². The van der Waals surface area contributed by atoms with E-state index in [1.54, 1.807) is 24.3 Å². The minimum Gasteiger partial charge on any atom is -0.383 e. The summed E-state index contributed by atoms with van der Waals surface area (Å²) in [5.74, 6) is 0.560. The van der Waals surface area contributed by atoms with Crippen LogP contribution in [0.1, 0.15) is 33.4 Å². The molecule has 4 heterocycles. The van der Waals surface area contributed by atoms with Crippen LogP contribution in [0.5, 0.6) is 0 Å². The van der Waals surface area contributed by atoms with E-state index < -0.39 is 0 Å². The molecule has 2 aromatic heterocycles. The summed E-state index contributed by atoms with van der Waals surface area (Å²) in [5.41, 5.74) is 1.11. The van der Waals surface area contributed by atoms with Crippen LogP contribution < -0.4 is 10.9 Å². The van der Waals surface area contributed by atoms with Gasteiger partial charge in [0.15, 0.2) is 0 Å². The van der Waals surface area contributed by atoms with Gasteiger partial charge in [0, 0.05) is 49.9 Å². The Kier molecular flexibility index (Phi) is 5.38. The highest BCUT2D eigenvalue weighted by Crippen LogP contribution is 2.31. The highest BCUT2D eigenvalue weighted by molar-refractivity contribution is 7.09. The Labute approximate surface area is 162 Å². The molecule has 1 saturated heterocycles. The van der Waals surface area contributed by atoms with Gasteiger partial charge in [-0.25, -0.2) is 4.98 Å². The van der Waals surface area contributed by atoms with Crippen LogP contribution in [-0.2, 0) is 17.8 Å². The van der Waals surface area contributed by atoms with Gasteiger partial charge in [0.05, 0.1) is 13.2 Å². The second-order valence-electron chi connectivity index (χ2n) is 7.19. The first-order chi connectivity index (χ1) is 13.2. The van der Waals surface area contributed by atoms with Crippen LogP contribution >= 0.6 is 11.3 Å². The summed E-state index contributed by atoms with van der Waals surface area (Å²) < 4.78 is 6.97. The molecule has 0 unspecified atom stereocenters. The van der Waals surface area contributed by atoms with Gasteiger partial charge in [-0.15, -0.1) is 11.3 Å². The largest absolute Gasteiger partial charge is 0.383 e. The van der Waals surface area contributed by atoms with E-state index in [4.69, 9.17) is 4.74 Å². The maximum absolute atomic E-state index is 13.2. The summed E-state index contributed by atoms with van der Waals surface area (Å²) in [7, 11) is 1.60. The summed E-state index contributed by atoms with van der Waals surface area (Å²) in [6.07, 6.45) is 2.84. The van der Waals surface area contributed by atoms with Gasteiger partial charge in [0.1, 0.15) is 10.6 Å². The lowest BCUT2D eigenvalue weighted by molar-refractivity contribution is 0.0677. The summed E-state index contributed by atoms with van der Waals surface area (Å²) in [6.45, 7) is 3.74. The maximum atomic E-state index is 13.2. The number of ether oxygens (including phenoxy) is 1. The first-order valence-electron chi connectivity index (χ1n) is 9.28. The van der Waals surface area contributed by atoms with Crippen molar-refractivity contribution in [3.8, 4) is 0 Å². The predicted molar refractivity (Wildman–Crippen MR) is 103 cm³/mol. The first kappa shape index (κ1) is 18.3. The van der Waals surface area contributed by atoms with Crippen molar-refractivity contribution in [2.75, 3.05) is 33.4 Å². The number of carbonyl (C=O) groups excluding carboxylic acids is 1. The molecule has 27 heavy (non-hydrogen) atoms. The summed E-state index contributed by atoms with van der Waals surface area (Å²) in [6, 6.07) is 3.66. The number of hydrogen-bond donors (Lipinski definition) is 1. The van der Waals surface area contributed by atoms with E-state index in [1.165, 1.54) is 11.3 Å². The number of nitrogens with zero attached hydrogens (tertiary/aromatic N) is 3. The van der Waals surface area contributed by atoms with Crippen molar-refractivity contribution >= 4 is 17.2 Å². The molecule has 144 valence electrons. The first-order valence-corrected chi connectivity index (χ1v) is 10.2. The lowest BCUT2D eigenvalue weighted by Gasteiger charge is -2.37. The highest BCUT2D eigenvalue weighted by atomic mass is 32.1. The van der Waals surface area contributed by atoms with Gasteiger partial charge in [-0.3, -0.25) is 9.59 Å². The lowest BCUT2D eigenvalue weighted by Crippen LogP contribution is -2.46. The number of hydrogen-bond acceptors (Lipinski definition) is 6.